The van der Waals surface area contributed by atoms with Crippen molar-refractivity contribution in [2.45, 2.75) is 25.0 Å². The second-order valence-corrected chi connectivity index (χ2v) is 6.44. The number of benzene rings is 1. The second kappa shape index (κ2) is 7.69. The van der Waals surface area contributed by atoms with Crippen LogP contribution in [0.25, 0.3) is 0 Å². The van der Waals surface area contributed by atoms with E-state index in [1.165, 1.54) is 7.11 Å². The maximum atomic E-state index is 12.9. The van der Waals surface area contributed by atoms with Gasteiger partial charge in [0.1, 0.15) is 12.7 Å². The van der Waals surface area contributed by atoms with E-state index in [0.717, 1.165) is 12.8 Å². The highest BCUT2D eigenvalue weighted by Gasteiger charge is 2.34. The topological polar surface area (TPSA) is 83.0 Å². The number of fused-ring (bicyclic) bond motifs is 1. The molecule has 1 amide bonds. The monoisotopic (exact) mass is 371 g/mol. The van der Waals surface area contributed by atoms with Gasteiger partial charge in [0.05, 0.1) is 13.7 Å². The smallest absolute Gasteiger partial charge is 0.267 e. The number of para-hydroxylation sites is 2. The number of carbonyl (C=O) groups excluding carboxylic acids is 1. The molecular weight excluding hydrogens is 350 g/mol. The Morgan fingerprint density at radius 1 is 1.15 bits per heavy atom. The highest BCUT2D eigenvalue weighted by molar-refractivity contribution is 5.82. The van der Waals surface area contributed by atoms with Crippen LogP contribution in [0, 0.1) is 0 Å². The summed E-state index contributed by atoms with van der Waals surface area (Å²) in [6, 6.07) is 10.8. The lowest BCUT2D eigenvalue weighted by atomic mass is 10.1. The van der Waals surface area contributed by atoms with E-state index in [9.17, 15) is 4.79 Å². The van der Waals surface area contributed by atoms with E-state index in [1.807, 2.05) is 18.2 Å². The van der Waals surface area contributed by atoms with Crippen LogP contribution in [0.3, 0.4) is 0 Å². The molecular formula is C19H21N3O5. The molecule has 1 saturated heterocycles. The number of methoxy groups -OCH3 is 1. The minimum Gasteiger partial charge on any atom is -0.485 e. The normalized spacial score (nSPS) is 21.4. The van der Waals surface area contributed by atoms with Crippen LogP contribution in [0.4, 0.5) is 0 Å². The molecule has 0 spiro atoms. The molecule has 0 N–H and O–H groups in total. The van der Waals surface area contributed by atoms with Crippen molar-refractivity contribution in [2.24, 2.45) is 0 Å². The number of ether oxygens (including phenoxy) is 4. The average molecular weight is 371 g/mol. The van der Waals surface area contributed by atoms with Gasteiger partial charge >= 0.3 is 0 Å². The molecule has 8 heteroatoms. The van der Waals surface area contributed by atoms with Crippen LogP contribution in [0.5, 0.6) is 23.3 Å². The first-order valence-corrected chi connectivity index (χ1v) is 8.94. The summed E-state index contributed by atoms with van der Waals surface area (Å²) in [6.07, 6.45) is 0.925. The molecule has 2 unspecified atom stereocenters. The molecule has 2 atom stereocenters. The summed E-state index contributed by atoms with van der Waals surface area (Å²) in [6.45, 7) is 1.37. The molecule has 4 rings (SSSR count). The number of nitrogens with zero attached hydrogens (tertiary/aromatic N) is 3. The van der Waals surface area contributed by atoms with Crippen LogP contribution in [0.15, 0.2) is 36.4 Å². The SMILES string of the molecule is COc1ccc(OC2CCCN(C(=O)C3COc4ccccc4O3)C2)nn1. The number of aromatic nitrogens is 2. The predicted molar refractivity (Wildman–Crippen MR) is 95.2 cm³/mol. The molecule has 8 nitrogen and oxygen atoms in total. The number of hydrogen-bond donors (Lipinski definition) is 0. The van der Waals surface area contributed by atoms with Crippen molar-refractivity contribution in [1.82, 2.24) is 15.1 Å². The Balaban J connectivity index is 1.37. The Kier molecular flexibility index (Phi) is 4.95. The Bertz CT molecular complexity index is 798. The molecule has 0 radical (unpaired) electrons. The van der Waals surface area contributed by atoms with Crippen LogP contribution >= 0.6 is 0 Å². The maximum absolute atomic E-state index is 12.9. The summed E-state index contributed by atoms with van der Waals surface area (Å²) in [5, 5.41) is 7.88. The fourth-order valence-corrected chi connectivity index (χ4v) is 3.23. The molecule has 0 saturated carbocycles. The fraction of sp³-hybridized carbons (Fsp3) is 0.421. The van der Waals surface area contributed by atoms with Crippen LogP contribution in [-0.4, -0.2) is 60.0 Å². The van der Waals surface area contributed by atoms with Gasteiger partial charge in [-0.25, -0.2) is 0 Å². The fourth-order valence-electron chi connectivity index (χ4n) is 3.23. The van der Waals surface area contributed by atoms with Gasteiger partial charge in [-0.3, -0.25) is 4.79 Å². The molecule has 1 aromatic carbocycles. The third kappa shape index (κ3) is 3.89. The van der Waals surface area contributed by atoms with Crippen LogP contribution in [-0.2, 0) is 4.79 Å². The number of hydrogen-bond acceptors (Lipinski definition) is 7. The van der Waals surface area contributed by atoms with E-state index in [1.54, 1.807) is 23.1 Å². The number of amides is 1. The molecule has 0 aliphatic carbocycles. The van der Waals surface area contributed by atoms with Crippen molar-refractivity contribution in [3.8, 4) is 23.3 Å². The van der Waals surface area contributed by atoms with Gasteiger partial charge in [0.25, 0.3) is 5.91 Å². The Labute approximate surface area is 157 Å². The molecule has 0 bridgehead atoms. The standard InChI is InChI=1S/C19H21N3O5/c1-24-17-8-9-18(21-20-17)26-13-5-4-10-22(11-13)19(23)16-12-25-14-6-2-3-7-15(14)27-16/h2-3,6-9,13,16H,4-5,10-12H2,1H3. The van der Waals surface area contributed by atoms with Crippen molar-refractivity contribution in [1.29, 1.82) is 0 Å². The quantitative estimate of drug-likeness (QED) is 0.809. The zero-order valence-corrected chi connectivity index (χ0v) is 15.0. The summed E-state index contributed by atoms with van der Waals surface area (Å²) in [7, 11) is 1.53. The van der Waals surface area contributed by atoms with E-state index in [4.69, 9.17) is 18.9 Å². The van der Waals surface area contributed by atoms with Gasteiger partial charge in [0.15, 0.2) is 11.5 Å². The molecule has 3 heterocycles. The number of likely N-dealkylation sites (tertiary alicyclic amines) is 1. The van der Waals surface area contributed by atoms with E-state index >= 15 is 0 Å². The lowest BCUT2D eigenvalue weighted by molar-refractivity contribution is -0.143. The number of carbonyl (C=O) groups is 1. The highest BCUT2D eigenvalue weighted by Crippen LogP contribution is 2.31. The second-order valence-electron chi connectivity index (χ2n) is 6.44. The number of rotatable bonds is 4. The molecule has 2 aliphatic rings. The van der Waals surface area contributed by atoms with Crippen molar-refractivity contribution in [3.05, 3.63) is 36.4 Å². The molecule has 2 aliphatic heterocycles. The van der Waals surface area contributed by atoms with Gasteiger partial charge in [-0.2, -0.15) is 0 Å². The van der Waals surface area contributed by atoms with Crippen molar-refractivity contribution < 1.29 is 23.7 Å². The summed E-state index contributed by atoms with van der Waals surface area (Å²) in [4.78, 5) is 14.6. The van der Waals surface area contributed by atoms with E-state index in [2.05, 4.69) is 10.2 Å². The third-order valence-corrected chi connectivity index (χ3v) is 4.59. The molecule has 2 aromatic rings. The Morgan fingerprint density at radius 3 is 2.70 bits per heavy atom. The Hall–Kier alpha value is -3.03. The third-order valence-electron chi connectivity index (χ3n) is 4.59. The van der Waals surface area contributed by atoms with Crippen LogP contribution in [0.2, 0.25) is 0 Å². The number of piperidine rings is 1. The minimum absolute atomic E-state index is 0.0846. The summed E-state index contributed by atoms with van der Waals surface area (Å²) < 4.78 is 22.4. The summed E-state index contributed by atoms with van der Waals surface area (Å²) >= 11 is 0. The lowest BCUT2D eigenvalue weighted by Gasteiger charge is -2.35. The van der Waals surface area contributed by atoms with Gasteiger partial charge in [-0.05, 0) is 25.0 Å². The lowest BCUT2D eigenvalue weighted by Crippen LogP contribution is -2.51. The summed E-state index contributed by atoms with van der Waals surface area (Å²) in [5.74, 6) is 2.03. The predicted octanol–water partition coefficient (Wildman–Crippen LogP) is 1.70. The minimum atomic E-state index is -0.639. The first-order chi connectivity index (χ1) is 13.2. The van der Waals surface area contributed by atoms with Crippen LogP contribution in [0.1, 0.15) is 12.8 Å². The van der Waals surface area contributed by atoms with Crippen molar-refractivity contribution >= 4 is 5.91 Å². The first-order valence-electron chi connectivity index (χ1n) is 8.94. The first kappa shape index (κ1) is 17.4. The van der Waals surface area contributed by atoms with Crippen molar-refractivity contribution in [3.63, 3.8) is 0 Å². The average Bonchev–Trinajstić information content (AvgIpc) is 2.73. The maximum Gasteiger partial charge on any atom is 0.267 e. The van der Waals surface area contributed by atoms with Gasteiger partial charge in [0.2, 0.25) is 17.9 Å². The van der Waals surface area contributed by atoms with Gasteiger partial charge in [-0.1, -0.05) is 12.1 Å². The van der Waals surface area contributed by atoms with E-state index in [0.29, 0.717) is 36.3 Å². The zero-order chi connectivity index (χ0) is 18.6. The molecule has 142 valence electrons. The van der Waals surface area contributed by atoms with Gasteiger partial charge in [0, 0.05) is 18.7 Å². The van der Waals surface area contributed by atoms with E-state index < -0.39 is 6.10 Å². The van der Waals surface area contributed by atoms with Crippen LogP contribution < -0.4 is 18.9 Å². The summed E-state index contributed by atoms with van der Waals surface area (Å²) in [5.41, 5.74) is 0. The Morgan fingerprint density at radius 2 is 1.93 bits per heavy atom. The molecule has 27 heavy (non-hydrogen) atoms. The van der Waals surface area contributed by atoms with E-state index in [-0.39, 0.29) is 18.6 Å². The van der Waals surface area contributed by atoms with Gasteiger partial charge in [-0.15, -0.1) is 10.2 Å². The van der Waals surface area contributed by atoms with Gasteiger partial charge < -0.3 is 23.8 Å². The zero-order valence-electron chi connectivity index (χ0n) is 15.0. The highest BCUT2D eigenvalue weighted by atomic mass is 16.6. The van der Waals surface area contributed by atoms with Crippen molar-refractivity contribution in [2.75, 3.05) is 26.8 Å². The largest absolute Gasteiger partial charge is 0.485 e. The molecule has 1 fully saturated rings. The molecule has 1 aromatic heterocycles.